The maximum Gasteiger partial charge on any atom is 0.150 e. The zero-order chi connectivity index (χ0) is 12.1. The molecule has 0 saturated heterocycles. The number of aromatic nitrogens is 3. The number of aromatic amines is 1. The van der Waals surface area contributed by atoms with Crippen molar-refractivity contribution >= 4 is 0 Å². The second-order valence-corrected chi connectivity index (χ2v) is 4.19. The van der Waals surface area contributed by atoms with Crippen LogP contribution in [0.4, 0.5) is 0 Å². The van der Waals surface area contributed by atoms with E-state index < -0.39 is 0 Å². The number of hydrogen-bond donors (Lipinski definition) is 2. The molecule has 0 aliphatic heterocycles. The van der Waals surface area contributed by atoms with Crippen LogP contribution >= 0.6 is 0 Å². The maximum absolute atomic E-state index is 5.46. The van der Waals surface area contributed by atoms with Gasteiger partial charge in [0.2, 0.25) is 0 Å². The summed E-state index contributed by atoms with van der Waals surface area (Å²) in [5.41, 5.74) is 8.03. The summed E-state index contributed by atoms with van der Waals surface area (Å²) in [7, 11) is 0. The number of rotatable bonds is 5. The van der Waals surface area contributed by atoms with E-state index in [0.29, 0.717) is 6.54 Å². The molecule has 0 atom stereocenters. The summed E-state index contributed by atoms with van der Waals surface area (Å²) in [4.78, 5) is 4.46. The van der Waals surface area contributed by atoms with Crippen molar-refractivity contribution in [3.8, 4) is 0 Å². The zero-order valence-electron chi connectivity index (χ0n) is 10.1. The second kappa shape index (κ2) is 5.59. The maximum atomic E-state index is 5.46. The van der Waals surface area contributed by atoms with Crippen molar-refractivity contribution in [1.29, 1.82) is 0 Å². The van der Waals surface area contributed by atoms with E-state index in [-0.39, 0.29) is 0 Å². The molecule has 0 aliphatic carbocycles. The fraction of sp³-hybridized carbons (Fsp3) is 0.385. The average Bonchev–Trinajstić information content (AvgIpc) is 2.77. The molecule has 3 N–H and O–H groups in total. The summed E-state index contributed by atoms with van der Waals surface area (Å²) in [5.74, 6) is 1.78. The lowest BCUT2D eigenvalue weighted by atomic mass is 10.1. The van der Waals surface area contributed by atoms with Crippen LogP contribution < -0.4 is 5.73 Å². The summed E-state index contributed by atoms with van der Waals surface area (Å²) in [6, 6.07) is 8.33. The number of hydrogen-bond acceptors (Lipinski definition) is 3. The molecule has 4 heteroatoms. The van der Waals surface area contributed by atoms with Gasteiger partial charge in [0, 0.05) is 12.8 Å². The van der Waals surface area contributed by atoms with Crippen molar-refractivity contribution in [3.63, 3.8) is 0 Å². The summed E-state index contributed by atoms with van der Waals surface area (Å²) in [6.45, 7) is 2.79. The van der Waals surface area contributed by atoms with Gasteiger partial charge < -0.3 is 5.73 Å². The SMILES string of the molecule is Cc1ccccc1Cc1nc(CCCN)n[nH]1. The molecular weight excluding hydrogens is 212 g/mol. The molecule has 2 rings (SSSR count). The lowest BCUT2D eigenvalue weighted by molar-refractivity contribution is 0.785. The standard InChI is InChI=1S/C13H18N4/c1-10-5-2-3-6-11(10)9-13-15-12(16-17-13)7-4-8-14/h2-3,5-6H,4,7-9,14H2,1H3,(H,15,16,17). The minimum Gasteiger partial charge on any atom is -0.330 e. The molecule has 0 unspecified atom stereocenters. The van der Waals surface area contributed by atoms with Crippen LogP contribution in [0.1, 0.15) is 29.2 Å². The molecular formula is C13H18N4. The van der Waals surface area contributed by atoms with Crippen LogP contribution in [0.5, 0.6) is 0 Å². The van der Waals surface area contributed by atoms with Crippen LogP contribution in [0.3, 0.4) is 0 Å². The third-order valence-electron chi connectivity index (χ3n) is 2.80. The van der Waals surface area contributed by atoms with E-state index in [2.05, 4.69) is 34.2 Å². The van der Waals surface area contributed by atoms with Crippen LogP contribution in [0.2, 0.25) is 0 Å². The predicted octanol–water partition coefficient (Wildman–Crippen LogP) is 1.60. The lowest BCUT2D eigenvalue weighted by Gasteiger charge is -2.01. The number of nitrogens with one attached hydrogen (secondary N) is 1. The van der Waals surface area contributed by atoms with Crippen molar-refractivity contribution in [3.05, 3.63) is 47.0 Å². The van der Waals surface area contributed by atoms with Crippen molar-refractivity contribution in [2.24, 2.45) is 5.73 Å². The molecule has 0 fully saturated rings. The van der Waals surface area contributed by atoms with E-state index >= 15 is 0 Å². The van der Waals surface area contributed by atoms with Gasteiger partial charge in [-0.2, -0.15) is 5.10 Å². The van der Waals surface area contributed by atoms with Gasteiger partial charge in [-0.05, 0) is 31.0 Å². The van der Waals surface area contributed by atoms with Gasteiger partial charge in [-0.25, -0.2) is 4.98 Å². The van der Waals surface area contributed by atoms with E-state index in [9.17, 15) is 0 Å². The number of H-pyrrole nitrogens is 1. The molecule has 0 amide bonds. The third-order valence-corrected chi connectivity index (χ3v) is 2.80. The molecule has 1 aromatic heterocycles. The van der Waals surface area contributed by atoms with E-state index in [4.69, 9.17) is 5.73 Å². The Morgan fingerprint density at radius 1 is 1.29 bits per heavy atom. The number of nitrogens with two attached hydrogens (primary N) is 1. The Kier molecular flexibility index (Phi) is 3.88. The molecule has 0 spiro atoms. The number of aryl methyl sites for hydroxylation is 2. The summed E-state index contributed by atoms with van der Waals surface area (Å²) < 4.78 is 0. The van der Waals surface area contributed by atoms with Crippen LogP contribution in [0.15, 0.2) is 24.3 Å². The highest BCUT2D eigenvalue weighted by molar-refractivity contribution is 5.28. The molecule has 0 saturated carbocycles. The molecule has 1 heterocycles. The van der Waals surface area contributed by atoms with Gasteiger partial charge in [-0.15, -0.1) is 0 Å². The largest absolute Gasteiger partial charge is 0.330 e. The van der Waals surface area contributed by atoms with Crippen LogP contribution in [0.25, 0.3) is 0 Å². The number of nitrogens with zero attached hydrogens (tertiary/aromatic N) is 2. The van der Waals surface area contributed by atoms with E-state index in [1.54, 1.807) is 0 Å². The molecule has 17 heavy (non-hydrogen) atoms. The fourth-order valence-corrected chi connectivity index (χ4v) is 1.77. The quantitative estimate of drug-likeness (QED) is 0.819. The second-order valence-electron chi connectivity index (χ2n) is 4.19. The van der Waals surface area contributed by atoms with E-state index in [1.807, 2.05) is 12.1 Å². The van der Waals surface area contributed by atoms with E-state index in [0.717, 1.165) is 30.9 Å². The Hall–Kier alpha value is -1.68. The molecule has 0 radical (unpaired) electrons. The van der Waals surface area contributed by atoms with Crippen LogP contribution in [-0.4, -0.2) is 21.7 Å². The first-order chi connectivity index (χ1) is 8.29. The molecule has 90 valence electrons. The Bertz CT molecular complexity index is 476. The molecule has 0 aliphatic rings. The average molecular weight is 230 g/mol. The minimum absolute atomic E-state index is 0.682. The predicted molar refractivity (Wildman–Crippen MR) is 67.7 cm³/mol. The molecule has 0 bridgehead atoms. The van der Waals surface area contributed by atoms with Gasteiger partial charge in [0.15, 0.2) is 5.82 Å². The molecule has 2 aromatic rings. The first-order valence-corrected chi connectivity index (χ1v) is 5.94. The fourth-order valence-electron chi connectivity index (χ4n) is 1.77. The highest BCUT2D eigenvalue weighted by Crippen LogP contribution is 2.11. The Morgan fingerprint density at radius 3 is 2.88 bits per heavy atom. The Labute approximate surface area is 101 Å². The van der Waals surface area contributed by atoms with Crippen molar-refractivity contribution in [1.82, 2.24) is 15.2 Å². The van der Waals surface area contributed by atoms with Gasteiger partial charge >= 0.3 is 0 Å². The van der Waals surface area contributed by atoms with Gasteiger partial charge in [0.25, 0.3) is 0 Å². The van der Waals surface area contributed by atoms with Crippen molar-refractivity contribution < 1.29 is 0 Å². The first kappa shape index (κ1) is 11.8. The number of benzene rings is 1. The highest BCUT2D eigenvalue weighted by atomic mass is 15.2. The zero-order valence-corrected chi connectivity index (χ0v) is 10.1. The highest BCUT2D eigenvalue weighted by Gasteiger charge is 2.05. The third kappa shape index (κ3) is 3.14. The van der Waals surface area contributed by atoms with Crippen molar-refractivity contribution in [2.75, 3.05) is 6.54 Å². The molecule has 4 nitrogen and oxygen atoms in total. The summed E-state index contributed by atoms with van der Waals surface area (Å²) >= 11 is 0. The smallest absolute Gasteiger partial charge is 0.150 e. The Morgan fingerprint density at radius 2 is 2.12 bits per heavy atom. The van der Waals surface area contributed by atoms with Gasteiger partial charge in [-0.1, -0.05) is 24.3 Å². The Balaban J connectivity index is 2.04. The summed E-state index contributed by atoms with van der Waals surface area (Å²) in [6.07, 6.45) is 2.59. The van der Waals surface area contributed by atoms with E-state index in [1.165, 1.54) is 11.1 Å². The van der Waals surface area contributed by atoms with Gasteiger partial charge in [-0.3, -0.25) is 5.10 Å². The van der Waals surface area contributed by atoms with Gasteiger partial charge in [0.05, 0.1) is 0 Å². The van der Waals surface area contributed by atoms with Gasteiger partial charge in [0.1, 0.15) is 5.82 Å². The monoisotopic (exact) mass is 230 g/mol. The van der Waals surface area contributed by atoms with Crippen LogP contribution in [0, 0.1) is 6.92 Å². The van der Waals surface area contributed by atoms with Crippen molar-refractivity contribution in [2.45, 2.75) is 26.2 Å². The lowest BCUT2D eigenvalue weighted by Crippen LogP contribution is -2.01. The first-order valence-electron chi connectivity index (χ1n) is 5.94. The normalized spacial score (nSPS) is 10.7. The minimum atomic E-state index is 0.682. The summed E-state index contributed by atoms with van der Waals surface area (Å²) in [5, 5.41) is 7.18. The van der Waals surface area contributed by atoms with Crippen LogP contribution in [-0.2, 0) is 12.8 Å². The molecule has 1 aromatic carbocycles. The topological polar surface area (TPSA) is 67.6 Å².